The molecule has 196 valence electrons. The smallest absolute Gasteiger partial charge is 0.290 e. The molecular formula is C29H27N7O3. The Morgan fingerprint density at radius 2 is 1.85 bits per heavy atom. The highest BCUT2D eigenvalue weighted by Crippen LogP contribution is 2.35. The Morgan fingerprint density at radius 3 is 2.56 bits per heavy atom. The first-order chi connectivity index (χ1) is 19.0. The molecular weight excluding hydrogens is 494 g/mol. The molecule has 0 spiro atoms. The van der Waals surface area contributed by atoms with Crippen LogP contribution in [0.1, 0.15) is 31.7 Å². The number of fused-ring (bicyclic) bond motifs is 1. The van der Waals surface area contributed by atoms with E-state index in [-0.39, 0.29) is 23.3 Å². The van der Waals surface area contributed by atoms with Gasteiger partial charge in [-0.05, 0) is 68.0 Å². The monoisotopic (exact) mass is 521 g/mol. The first-order valence-corrected chi connectivity index (χ1v) is 13.0. The summed E-state index contributed by atoms with van der Waals surface area (Å²) >= 11 is 0. The number of aromatic nitrogens is 4. The number of amides is 1. The van der Waals surface area contributed by atoms with E-state index in [9.17, 15) is 14.9 Å². The molecule has 0 bridgehead atoms. The number of aromatic amines is 1. The highest BCUT2D eigenvalue weighted by molar-refractivity contribution is 6.00. The number of piperidine rings is 1. The molecule has 0 radical (unpaired) electrons. The van der Waals surface area contributed by atoms with Crippen LogP contribution < -0.4 is 16.0 Å². The molecule has 4 aromatic rings. The van der Waals surface area contributed by atoms with E-state index < -0.39 is 5.56 Å². The van der Waals surface area contributed by atoms with Gasteiger partial charge >= 0.3 is 0 Å². The minimum absolute atomic E-state index is 0.165. The van der Waals surface area contributed by atoms with Gasteiger partial charge in [-0.3, -0.25) is 14.3 Å². The third kappa shape index (κ3) is 4.86. The number of likely N-dealkylation sites (tertiary alicyclic amines) is 1. The van der Waals surface area contributed by atoms with Crippen molar-refractivity contribution in [2.24, 2.45) is 5.92 Å². The molecule has 1 unspecified atom stereocenters. The van der Waals surface area contributed by atoms with Gasteiger partial charge in [0.25, 0.3) is 11.5 Å². The topological polar surface area (TPSA) is 143 Å². The Labute approximate surface area is 224 Å². The van der Waals surface area contributed by atoms with Gasteiger partial charge in [-0.1, -0.05) is 24.3 Å². The molecule has 1 saturated heterocycles. The molecule has 2 fully saturated rings. The minimum Gasteiger partial charge on any atom is -0.457 e. The summed E-state index contributed by atoms with van der Waals surface area (Å²) in [6.07, 6.45) is 5.26. The fraction of sp³-hybridized carbons (Fsp3) is 0.276. The summed E-state index contributed by atoms with van der Waals surface area (Å²) < 4.78 is 7.58. The molecule has 10 heteroatoms. The number of nitriles is 1. The number of carbonyl (C=O) groups excluding carboxylic acids is 1. The Hall–Kier alpha value is -4.91. The van der Waals surface area contributed by atoms with Crippen LogP contribution in [-0.4, -0.2) is 43.9 Å². The van der Waals surface area contributed by atoms with E-state index in [4.69, 9.17) is 15.6 Å². The van der Waals surface area contributed by atoms with Crippen molar-refractivity contribution in [3.63, 3.8) is 0 Å². The lowest BCUT2D eigenvalue weighted by Crippen LogP contribution is -2.41. The van der Waals surface area contributed by atoms with E-state index in [1.165, 1.54) is 0 Å². The van der Waals surface area contributed by atoms with Gasteiger partial charge < -0.3 is 15.4 Å². The van der Waals surface area contributed by atoms with E-state index in [2.05, 4.69) is 16.3 Å². The van der Waals surface area contributed by atoms with Crippen molar-refractivity contribution in [1.82, 2.24) is 24.9 Å². The molecule has 10 nitrogen and oxygen atoms in total. The number of anilines is 1. The minimum atomic E-state index is -0.406. The highest BCUT2D eigenvalue weighted by Gasteiger charge is 2.31. The van der Waals surface area contributed by atoms with E-state index >= 15 is 0 Å². The third-order valence-electron chi connectivity index (χ3n) is 7.17. The fourth-order valence-corrected chi connectivity index (χ4v) is 5.05. The van der Waals surface area contributed by atoms with Gasteiger partial charge in [-0.15, -0.1) is 0 Å². The molecule has 39 heavy (non-hydrogen) atoms. The summed E-state index contributed by atoms with van der Waals surface area (Å²) in [7, 11) is 0. The Kier molecular flexibility index (Phi) is 6.32. The van der Waals surface area contributed by atoms with Crippen LogP contribution in [0.4, 0.5) is 5.82 Å². The molecule has 1 amide bonds. The number of nitrogens with one attached hydrogen (secondary N) is 1. The molecule has 2 aliphatic rings. The molecule has 3 N–H and O–H groups in total. The van der Waals surface area contributed by atoms with E-state index in [1.807, 2.05) is 54.6 Å². The van der Waals surface area contributed by atoms with Gasteiger partial charge in [0.2, 0.25) is 0 Å². The number of carbonyl (C=O) groups is 1. The van der Waals surface area contributed by atoms with Crippen LogP contribution in [0.5, 0.6) is 11.5 Å². The average molecular weight is 522 g/mol. The zero-order chi connectivity index (χ0) is 26.9. The SMILES string of the molecule is N#C/C(=C\C1CC1)C(=O)N1CCCC(n2nc(-c3ccc(Oc4ccccc4)cc3)c3c(N)n[nH]c(=O)c32)C1. The van der Waals surface area contributed by atoms with Gasteiger partial charge in [0, 0.05) is 18.7 Å². The molecule has 2 aromatic carbocycles. The number of hydrogen-bond acceptors (Lipinski definition) is 7. The molecule has 1 saturated carbocycles. The highest BCUT2D eigenvalue weighted by atomic mass is 16.5. The van der Waals surface area contributed by atoms with Crippen molar-refractivity contribution >= 4 is 22.6 Å². The standard InChI is InChI=1S/C29H27N7O3/c30-16-20(15-18-8-9-18)29(38)35-14-4-5-21(17-35)36-26-24(27(31)32-33-28(26)37)25(34-36)19-10-12-23(13-11-19)39-22-6-2-1-3-7-22/h1-3,6-7,10-13,15,18,21H,4-5,8-9,14,17H2,(H2,31,32)(H,33,37)/b20-15+. The van der Waals surface area contributed by atoms with E-state index in [0.717, 1.165) is 37.0 Å². The van der Waals surface area contributed by atoms with Crippen molar-refractivity contribution < 1.29 is 9.53 Å². The Balaban J connectivity index is 1.34. The van der Waals surface area contributed by atoms with Crippen LogP contribution in [0, 0.1) is 17.2 Å². The number of hydrogen-bond donors (Lipinski definition) is 2. The Bertz CT molecular complexity index is 1660. The number of rotatable bonds is 6. The van der Waals surface area contributed by atoms with Crippen LogP contribution >= 0.6 is 0 Å². The predicted octanol–water partition coefficient (Wildman–Crippen LogP) is 4.18. The van der Waals surface area contributed by atoms with Crippen molar-refractivity contribution in [3.8, 4) is 28.8 Å². The van der Waals surface area contributed by atoms with Gasteiger partial charge in [0.1, 0.15) is 34.4 Å². The maximum absolute atomic E-state index is 13.1. The van der Waals surface area contributed by atoms with Crippen LogP contribution in [-0.2, 0) is 4.79 Å². The second-order valence-electron chi connectivity index (χ2n) is 9.97. The first kappa shape index (κ1) is 24.4. The fourth-order valence-electron chi connectivity index (χ4n) is 5.05. The maximum atomic E-state index is 13.1. The largest absolute Gasteiger partial charge is 0.457 e. The number of para-hydroxylation sites is 1. The van der Waals surface area contributed by atoms with Crippen LogP contribution in [0.2, 0.25) is 0 Å². The molecule has 6 rings (SSSR count). The van der Waals surface area contributed by atoms with Crippen LogP contribution in [0.3, 0.4) is 0 Å². The summed E-state index contributed by atoms with van der Waals surface area (Å²) in [4.78, 5) is 27.8. The third-order valence-corrected chi connectivity index (χ3v) is 7.17. The molecule has 1 aliphatic heterocycles. The zero-order valence-corrected chi connectivity index (χ0v) is 21.2. The quantitative estimate of drug-likeness (QED) is 0.286. The number of nitrogens with zero attached hydrogens (tertiary/aromatic N) is 5. The van der Waals surface area contributed by atoms with Crippen molar-refractivity contribution in [2.45, 2.75) is 31.7 Å². The van der Waals surface area contributed by atoms with E-state index in [1.54, 1.807) is 15.7 Å². The van der Waals surface area contributed by atoms with Crippen molar-refractivity contribution in [1.29, 1.82) is 5.26 Å². The lowest BCUT2D eigenvalue weighted by molar-refractivity contribution is -0.128. The number of ether oxygens (including phenoxy) is 1. The number of allylic oxidation sites excluding steroid dienone is 1. The van der Waals surface area contributed by atoms with E-state index in [0.29, 0.717) is 41.4 Å². The second kappa shape index (κ2) is 10.1. The predicted molar refractivity (Wildman–Crippen MR) is 146 cm³/mol. The van der Waals surface area contributed by atoms with Crippen LogP contribution in [0.15, 0.2) is 71.0 Å². The van der Waals surface area contributed by atoms with Gasteiger partial charge in [0.05, 0.1) is 11.4 Å². The van der Waals surface area contributed by atoms with Gasteiger partial charge in [-0.2, -0.15) is 15.5 Å². The maximum Gasteiger partial charge on any atom is 0.290 e. The zero-order valence-electron chi connectivity index (χ0n) is 21.2. The number of nitrogens with two attached hydrogens (primary N) is 1. The van der Waals surface area contributed by atoms with Gasteiger partial charge in [-0.25, -0.2) is 5.10 Å². The van der Waals surface area contributed by atoms with Crippen molar-refractivity contribution in [3.05, 3.63) is 76.6 Å². The van der Waals surface area contributed by atoms with Crippen molar-refractivity contribution in [2.75, 3.05) is 18.8 Å². The molecule has 1 atom stereocenters. The number of benzene rings is 2. The summed E-state index contributed by atoms with van der Waals surface area (Å²) in [6, 6.07) is 18.7. The Morgan fingerprint density at radius 1 is 1.10 bits per heavy atom. The first-order valence-electron chi connectivity index (χ1n) is 13.0. The second-order valence-corrected chi connectivity index (χ2v) is 9.97. The summed E-state index contributed by atoms with van der Waals surface area (Å²) in [5.41, 5.74) is 7.63. The lowest BCUT2D eigenvalue weighted by Gasteiger charge is -2.33. The lowest BCUT2D eigenvalue weighted by atomic mass is 10.0. The number of nitrogen functional groups attached to an aromatic ring is 1. The summed E-state index contributed by atoms with van der Waals surface area (Å²) in [6.45, 7) is 0.887. The molecule has 1 aliphatic carbocycles. The normalized spacial score (nSPS) is 17.7. The average Bonchev–Trinajstić information content (AvgIpc) is 3.70. The summed E-state index contributed by atoms with van der Waals surface area (Å²) in [5.74, 6) is 1.60. The summed E-state index contributed by atoms with van der Waals surface area (Å²) in [5, 5.41) is 21.3. The van der Waals surface area contributed by atoms with Gasteiger partial charge in [0.15, 0.2) is 5.82 Å². The molecule has 3 heterocycles. The molecule has 2 aromatic heterocycles. The number of H-pyrrole nitrogens is 1. The van der Waals surface area contributed by atoms with Crippen LogP contribution in [0.25, 0.3) is 22.2 Å².